The summed E-state index contributed by atoms with van der Waals surface area (Å²) in [5.41, 5.74) is -0.417. The van der Waals surface area contributed by atoms with Gasteiger partial charge < -0.3 is 14.7 Å². The van der Waals surface area contributed by atoms with Crippen molar-refractivity contribution in [3.8, 4) is 0 Å². The molecule has 5 nitrogen and oxygen atoms in total. The quantitative estimate of drug-likeness (QED) is 0.798. The normalized spacial score (nSPS) is 34.8. The minimum atomic E-state index is -0.863. The van der Waals surface area contributed by atoms with E-state index in [0.717, 1.165) is 6.42 Å². The molecule has 18 heavy (non-hydrogen) atoms. The molecule has 3 unspecified atom stereocenters. The third kappa shape index (κ3) is 2.23. The molecule has 1 aliphatic carbocycles. The lowest BCUT2D eigenvalue weighted by Gasteiger charge is -2.22. The van der Waals surface area contributed by atoms with Crippen LogP contribution in [-0.4, -0.2) is 47.7 Å². The highest BCUT2D eigenvalue weighted by molar-refractivity contribution is 5.91. The minimum Gasteiger partial charge on any atom is -0.481 e. The highest BCUT2D eigenvalue weighted by atomic mass is 16.5. The van der Waals surface area contributed by atoms with Gasteiger partial charge in [0.15, 0.2) is 0 Å². The Bertz CT molecular complexity index is 366. The van der Waals surface area contributed by atoms with Gasteiger partial charge in [-0.3, -0.25) is 9.59 Å². The number of aliphatic carboxylic acids is 1. The van der Waals surface area contributed by atoms with Crippen molar-refractivity contribution in [3.05, 3.63) is 0 Å². The molecule has 1 saturated heterocycles. The van der Waals surface area contributed by atoms with Crippen molar-refractivity contribution in [2.24, 2.45) is 17.3 Å². The van der Waals surface area contributed by atoms with Crippen LogP contribution in [0.15, 0.2) is 0 Å². The van der Waals surface area contributed by atoms with Crippen LogP contribution in [-0.2, 0) is 14.3 Å². The molecule has 2 rings (SSSR count). The van der Waals surface area contributed by atoms with E-state index in [1.165, 1.54) is 0 Å². The van der Waals surface area contributed by atoms with Crippen molar-refractivity contribution in [3.63, 3.8) is 0 Å². The maximum Gasteiger partial charge on any atom is 0.307 e. The molecule has 102 valence electrons. The van der Waals surface area contributed by atoms with E-state index in [4.69, 9.17) is 9.84 Å². The van der Waals surface area contributed by atoms with Crippen molar-refractivity contribution >= 4 is 11.9 Å². The van der Waals surface area contributed by atoms with Crippen LogP contribution in [0.5, 0.6) is 0 Å². The number of hydrogen-bond acceptors (Lipinski definition) is 3. The summed E-state index contributed by atoms with van der Waals surface area (Å²) in [6.45, 7) is 7.55. The molecule has 1 saturated carbocycles. The van der Waals surface area contributed by atoms with Crippen LogP contribution in [0.2, 0.25) is 0 Å². The molecule has 3 atom stereocenters. The van der Waals surface area contributed by atoms with Crippen LogP contribution in [0.25, 0.3) is 0 Å². The van der Waals surface area contributed by atoms with Gasteiger partial charge in [-0.15, -0.1) is 0 Å². The molecule has 0 aromatic rings. The zero-order valence-electron chi connectivity index (χ0n) is 11.2. The highest BCUT2D eigenvalue weighted by Crippen LogP contribution is 2.59. The van der Waals surface area contributed by atoms with E-state index in [2.05, 4.69) is 0 Å². The average molecular weight is 255 g/mol. The van der Waals surface area contributed by atoms with Gasteiger partial charge in [0.25, 0.3) is 0 Å². The SMILES string of the molecule is CC1CN(C(=O)C2C(C(=O)O)C2(C)C)CCCO1. The first-order valence-electron chi connectivity index (χ1n) is 6.49. The van der Waals surface area contributed by atoms with Crippen molar-refractivity contribution in [2.75, 3.05) is 19.7 Å². The molecular formula is C13H21NO4. The molecule has 0 bridgehead atoms. The topological polar surface area (TPSA) is 66.8 Å². The average Bonchev–Trinajstić information content (AvgIpc) is 2.90. The van der Waals surface area contributed by atoms with E-state index in [9.17, 15) is 9.59 Å². The van der Waals surface area contributed by atoms with Crippen LogP contribution in [0.1, 0.15) is 27.2 Å². The third-order valence-corrected chi connectivity index (χ3v) is 4.12. The van der Waals surface area contributed by atoms with Crippen LogP contribution in [0, 0.1) is 17.3 Å². The first kappa shape index (κ1) is 13.3. The summed E-state index contributed by atoms with van der Waals surface area (Å²) in [6.07, 6.45) is 0.850. The lowest BCUT2D eigenvalue weighted by Crippen LogP contribution is -2.38. The zero-order chi connectivity index (χ0) is 13.5. The molecule has 2 fully saturated rings. The van der Waals surface area contributed by atoms with Gasteiger partial charge in [0, 0.05) is 19.7 Å². The van der Waals surface area contributed by atoms with E-state index in [-0.39, 0.29) is 17.9 Å². The second kappa shape index (κ2) is 4.53. The Morgan fingerprint density at radius 2 is 2.00 bits per heavy atom. The molecule has 1 aliphatic heterocycles. The second-order valence-corrected chi connectivity index (χ2v) is 5.93. The fraction of sp³-hybridized carbons (Fsp3) is 0.846. The van der Waals surface area contributed by atoms with Crippen LogP contribution >= 0.6 is 0 Å². The Morgan fingerprint density at radius 1 is 1.33 bits per heavy atom. The molecule has 1 amide bonds. The standard InChI is InChI=1S/C13H21NO4/c1-8-7-14(5-4-6-18-8)11(15)9-10(12(16)17)13(9,2)3/h8-10H,4-7H2,1-3H3,(H,16,17). The summed E-state index contributed by atoms with van der Waals surface area (Å²) < 4.78 is 5.50. The lowest BCUT2D eigenvalue weighted by molar-refractivity contribution is -0.142. The molecule has 0 aromatic heterocycles. The van der Waals surface area contributed by atoms with Crippen molar-refractivity contribution in [1.82, 2.24) is 4.90 Å². The Kier molecular flexibility index (Phi) is 3.36. The smallest absolute Gasteiger partial charge is 0.307 e. The van der Waals surface area contributed by atoms with Crippen LogP contribution in [0.4, 0.5) is 0 Å². The summed E-state index contributed by atoms with van der Waals surface area (Å²) in [5, 5.41) is 9.12. The van der Waals surface area contributed by atoms with E-state index < -0.39 is 17.3 Å². The molecule has 0 radical (unpaired) electrons. The van der Waals surface area contributed by atoms with Gasteiger partial charge >= 0.3 is 5.97 Å². The first-order chi connectivity index (χ1) is 8.35. The highest BCUT2D eigenvalue weighted by Gasteiger charge is 2.66. The number of carbonyl (C=O) groups is 2. The van der Waals surface area contributed by atoms with E-state index in [1.54, 1.807) is 4.90 Å². The summed E-state index contributed by atoms with van der Waals surface area (Å²) >= 11 is 0. The molecule has 0 aromatic carbocycles. The van der Waals surface area contributed by atoms with Gasteiger partial charge in [0.05, 0.1) is 17.9 Å². The summed E-state index contributed by atoms with van der Waals surface area (Å²) in [4.78, 5) is 25.3. The number of ether oxygens (including phenoxy) is 1. The Labute approximate surface area is 107 Å². The summed E-state index contributed by atoms with van der Waals surface area (Å²) in [5.74, 6) is -1.80. The van der Waals surface area contributed by atoms with Gasteiger partial charge in [-0.2, -0.15) is 0 Å². The molecule has 0 spiro atoms. The molecular weight excluding hydrogens is 234 g/mol. The molecule has 2 aliphatic rings. The van der Waals surface area contributed by atoms with Gasteiger partial charge in [-0.25, -0.2) is 0 Å². The van der Waals surface area contributed by atoms with Crippen molar-refractivity contribution in [1.29, 1.82) is 0 Å². The summed E-state index contributed by atoms with van der Waals surface area (Å²) in [7, 11) is 0. The zero-order valence-corrected chi connectivity index (χ0v) is 11.2. The number of carboxylic acids is 1. The number of nitrogens with zero attached hydrogens (tertiary/aromatic N) is 1. The fourth-order valence-electron chi connectivity index (χ4n) is 2.95. The monoisotopic (exact) mass is 255 g/mol. The Balaban J connectivity index is 2.06. The minimum absolute atomic E-state index is 0.0234. The third-order valence-electron chi connectivity index (χ3n) is 4.12. The lowest BCUT2D eigenvalue weighted by atomic mass is 10.1. The Morgan fingerprint density at radius 3 is 2.56 bits per heavy atom. The van der Waals surface area contributed by atoms with Gasteiger partial charge in [-0.05, 0) is 18.8 Å². The second-order valence-electron chi connectivity index (χ2n) is 5.93. The predicted molar refractivity (Wildman–Crippen MR) is 65.0 cm³/mol. The molecule has 1 heterocycles. The number of carboxylic acid groups (broad SMARTS) is 1. The van der Waals surface area contributed by atoms with Crippen LogP contribution in [0.3, 0.4) is 0 Å². The van der Waals surface area contributed by atoms with E-state index >= 15 is 0 Å². The van der Waals surface area contributed by atoms with E-state index in [1.807, 2.05) is 20.8 Å². The number of carbonyl (C=O) groups excluding carboxylic acids is 1. The maximum atomic E-state index is 12.4. The number of amides is 1. The fourth-order valence-corrected chi connectivity index (χ4v) is 2.95. The van der Waals surface area contributed by atoms with Gasteiger partial charge in [-0.1, -0.05) is 13.8 Å². The van der Waals surface area contributed by atoms with E-state index in [0.29, 0.717) is 19.7 Å². The van der Waals surface area contributed by atoms with Crippen LogP contribution < -0.4 is 0 Å². The van der Waals surface area contributed by atoms with Crippen molar-refractivity contribution < 1.29 is 19.4 Å². The van der Waals surface area contributed by atoms with Gasteiger partial charge in [0.1, 0.15) is 0 Å². The predicted octanol–water partition coefficient (Wildman–Crippen LogP) is 0.981. The molecule has 5 heteroatoms. The van der Waals surface area contributed by atoms with Gasteiger partial charge in [0.2, 0.25) is 5.91 Å². The Hall–Kier alpha value is -1.10. The first-order valence-corrected chi connectivity index (χ1v) is 6.49. The number of rotatable bonds is 2. The number of hydrogen-bond donors (Lipinski definition) is 1. The molecule has 1 N–H and O–H groups in total. The maximum absolute atomic E-state index is 12.4. The van der Waals surface area contributed by atoms with Crippen molar-refractivity contribution in [2.45, 2.75) is 33.3 Å². The summed E-state index contributed by atoms with van der Waals surface area (Å²) in [6, 6.07) is 0. The largest absolute Gasteiger partial charge is 0.481 e.